The molecule has 0 saturated carbocycles. The number of hydrogen-bond donors (Lipinski definition) is 0. The molecule has 142 valence electrons. The van der Waals surface area contributed by atoms with E-state index in [1.807, 2.05) is 13.8 Å². The minimum absolute atomic E-state index is 0.160. The molecule has 1 unspecified atom stereocenters. The van der Waals surface area contributed by atoms with E-state index < -0.39 is 21.5 Å². The predicted molar refractivity (Wildman–Crippen MR) is 97.4 cm³/mol. The van der Waals surface area contributed by atoms with Gasteiger partial charge in [0.2, 0.25) is 5.75 Å². The van der Waals surface area contributed by atoms with E-state index in [2.05, 4.69) is 0 Å². The largest absolute Gasteiger partial charge is 0.416 e. The van der Waals surface area contributed by atoms with Crippen molar-refractivity contribution in [3.63, 3.8) is 0 Å². The second-order valence-electron chi connectivity index (χ2n) is 5.95. The molecule has 0 amide bonds. The number of esters is 1. The smallest absolute Gasteiger partial charge is 0.336 e. The SMILES string of the molecule is C/C=C\C(=O)Oc1c(C(CCC)CCCC)cc([N+](=O)[O-])cc1[N+](=O)[O-]. The molecule has 0 spiro atoms. The van der Waals surface area contributed by atoms with Crippen LogP contribution in [0.3, 0.4) is 0 Å². The van der Waals surface area contributed by atoms with Crippen molar-refractivity contribution in [2.24, 2.45) is 0 Å². The number of ether oxygens (including phenoxy) is 1. The Labute approximate surface area is 152 Å². The number of hydrogen-bond acceptors (Lipinski definition) is 6. The van der Waals surface area contributed by atoms with Gasteiger partial charge >= 0.3 is 11.7 Å². The number of unbranched alkanes of at least 4 members (excludes halogenated alkanes) is 1. The number of nitro groups is 2. The normalized spacial score (nSPS) is 12.1. The molecule has 0 aliphatic carbocycles. The number of allylic oxidation sites excluding steroid dienone is 1. The molecule has 0 saturated heterocycles. The predicted octanol–water partition coefficient (Wildman–Crippen LogP) is 5.06. The molecule has 8 nitrogen and oxygen atoms in total. The van der Waals surface area contributed by atoms with Gasteiger partial charge in [0.15, 0.2) is 0 Å². The zero-order chi connectivity index (χ0) is 19.7. The molecule has 8 heteroatoms. The maximum atomic E-state index is 11.9. The highest BCUT2D eigenvalue weighted by Gasteiger charge is 2.30. The van der Waals surface area contributed by atoms with Gasteiger partial charge in [-0.2, -0.15) is 0 Å². The van der Waals surface area contributed by atoms with Crippen LogP contribution in [0.1, 0.15) is 64.4 Å². The second kappa shape index (κ2) is 10.3. The fourth-order valence-electron chi connectivity index (χ4n) is 2.80. The Morgan fingerprint density at radius 3 is 2.35 bits per heavy atom. The third-order valence-corrected chi connectivity index (χ3v) is 3.98. The van der Waals surface area contributed by atoms with Crippen molar-refractivity contribution in [3.05, 3.63) is 50.1 Å². The molecular weight excluding hydrogens is 340 g/mol. The van der Waals surface area contributed by atoms with Crippen LogP contribution in [0.15, 0.2) is 24.3 Å². The first-order valence-electron chi connectivity index (χ1n) is 8.66. The Morgan fingerprint density at radius 2 is 1.85 bits per heavy atom. The van der Waals surface area contributed by atoms with E-state index in [0.717, 1.165) is 31.4 Å². The van der Waals surface area contributed by atoms with Crippen LogP contribution in [0.4, 0.5) is 11.4 Å². The number of carbonyl (C=O) groups excluding carboxylic acids is 1. The fourth-order valence-corrected chi connectivity index (χ4v) is 2.80. The van der Waals surface area contributed by atoms with E-state index in [0.29, 0.717) is 18.4 Å². The van der Waals surface area contributed by atoms with E-state index in [4.69, 9.17) is 4.74 Å². The summed E-state index contributed by atoms with van der Waals surface area (Å²) in [6.07, 6.45) is 6.58. The standard InChI is InChI=1S/C18H24N2O6/c1-4-7-10-13(8-5-2)15-11-14(19(22)23)12-16(20(24)25)18(15)26-17(21)9-6-3/h6,9,11-13H,4-5,7-8,10H2,1-3H3/b9-6-. The third kappa shape index (κ3) is 5.65. The number of nitrogens with zero attached hydrogens (tertiary/aromatic N) is 2. The quantitative estimate of drug-likeness (QED) is 0.188. The second-order valence-corrected chi connectivity index (χ2v) is 5.95. The summed E-state index contributed by atoms with van der Waals surface area (Å²) in [7, 11) is 0. The summed E-state index contributed by atoms with van der Waals surface area (Å²) < 4.78 is 5.23. The molecule has 0 bridgehead atoms. The first-order valence-corrected chi connectivity index (χ1v) is 8.66. The molecule has 0 radical (unpaired) electrons. The fraction of sp³-hybridized carbons (Fsp3) is 0.500. The summed E-state index contributed by atoms with van der Waals surface area (Å²) in [5.74, 6) is -1.11. The highest BCUT2D eigenvalue weighted by molar-refractivity contribution is 5.85. The summed E-state index contributed by atoms with van der Waals surface area (Å²) in [5, 5.41) is 22.7. The Hall–Kier alpha value is -2.77. The average molecular weight is 364 g/mol. The molecule has 0 N–H and O–H groups in total. The molecule has 0 fully saturated rings. The lowest BCUT2D eigenvalue weighted by Gasteiger charge is -2.19. The summed E-state index contributed by atoms with van der Waals surface area (Å²) in [6.45, 7) is 5.61. The number of non-ortho nitro benzene ring substituents is 1. The van der Waals surface area contributed by atoms with Crippen LogP contribution < -0.4 is 4.74 Å². The van der Waals surface area contributed by atoms with Crippen LogP contribution in [0.5, 0.6) is 5.75 Å². The van der Waals surface area contributed by atoms with Crippen LogP contribution >= 0.6 is 0 Å². The average Bonchev–Trinajstić information content (AvgIpc) is 2.58. The van der Waals surface area contributed by atoms with Gasteiger partial charge in [-0.15, -0.1) is 0 Å². The first kappa shape index (κ1) is 21.3. The molecule has 0 aliphatic rings. The summed E-state index contributed by atoms with van der Waals surface area (Å²) >= 11 is 0. The summed E-state index contributed by atoms with van der Waals surface area (Å²) in [5.41, 5.74) is -0.598. The van der Waals surface area contributed by atoms with Gasteiger partial charge in [0.1, 0.15) is 0 Å². The molecule has 1 aromatic carbocycles. The van der Waals surface area contributed by atoms with Crippen LogP contribution in [0.2, 0.25) is 0 Å². The van der Waals surface area contributed by atoms with E-state index in [1.54, 1.807) is 6.92 Å². The lowest BCUT2D eigenvalue weighted by molar-refractivity contribution is -0.394. The highest BCUT2D eigenvalue weighted by atomic mass is 16.6. The Balaban J connectivity index is 3.60. The summed E-state index contributed by atoms with van der Waals surface area (Å²) in [6, 6.07) is 2.13. The van der Waals surface area contributed by atoms with Gasteiger partial charge in [0.05, 0.1) is 15.9 Å². The third-order valence-electron chi connectivity index (χ3n) is 3.98. The van der Waals surface area contributed by atoms with E-state index >= 15 is 0 Å². The van der Waals surface area contributed by atoms with Gasteiger partial charge in [-0.25, -0.2) is 4.79 Å². The van der Waals surface area contributed by atoms with Crippen molar-refractivity contribution >= 4 is 17.3 Å². The van der Waals surface area contributed by atoms with Crippen molar-refractivity contribution in [1.82, 2.24) is 0 Å². The maximum absolute atomic E-state index is 11.9. The van der Waals surface area contributed by atoms with Gasteiger partial charge in [-0.1, -0.05) is 39.2 Å². The van der Waals surface area contributed by atoms with Crippen LogP contribution in [-0.2, 0) is 4.79 Å². The zero-order valence-corrected chi connectivity index (χ0v) is 15.3. The van der Waals surface area contributed by atoms with E-state index in [-0.39, 0.29) is 17.4 Å². The maximum Gasteiger partial charge on any atom is 0.336 e. The molecule has 1 atom stereocenters. The Bertz CT molecular complexity index is 699. The van der Waals surface area contributed by atoms with Crippen LogP contribution in [-0.4, -0.2) is 15.8 Å². The molecule has 0 heterocycles. The van der Waals surface area contributed by atoms with Gasteiger partial charge in [-0.3, -0.25) is 20.2 Å². The minimum atomic E-state index is -0.753. The first-order chi connectivity index (χ1) is 12.3. The number of nitro benzene ring substituents is 2. The molecule has 26 heavy (non-hydrogen) atoms. The van der Waals surface area contributed by atoms with Gasteiger partial charge in [0.25, 0.3) is 5.69 Å². The van der Waals surface area contributed by atoms with Crippen LogP contribution in [0, 0.1) is 20.2 Å². The molecule has 0 aromatic heterocycles. The zero-order valence-electron chi connectivity index (χ0n) is 15.3. The Morgan fingerprint density at radius 1 is 1.15 bits per heavy atom. The number of rotatable bonds is 10. The Kier molecular flexibility index (Phi) is 8.41. The van der Waals surface area contributed by atoms with Crippen molar-refractivity contribution in [2.45, 2.75) is 58.8 Å². The lowest BCUT2D eigenvalue weighted by Crippen LogP contribution is -2.11. The van der Waals surface area contributed by atoms with Gasteiger partial charge in [-0.05, 0) is 25.7 Å². The van der Waals surface area contributed by atoms with Crippen molar-refractivity contribution in [2.75, 3.05) is 0 Å². The number of carbonyl (C=O) groups is 1. The van der Waals surface area contributed by atoms with Crippen molar-refractivity contribution < 1.29 is 19.4 Å². The molecule has 0 aliphatic heterocycles. The van der Waals surface area contributed by atoms with Crippen LogP contribution in [0.25, 0.3) is 0 Å². The monoisotopic (exact) mass is 364 g/mol. The summed E-state index contributed by atoms with van der Waals surface area (Å²) in [4.78, 5) is 33.1. The molecule has 1 aromatic rings. The van der Waals surface area contributed by atoms with E-state index in [9.17, 15) is 25.0 Å². The highest BCUT2D eigenvalue weighted by Crippen LogP contribution is 2.42. The molecule has 1 rings (SSSR count). The number of benzene rings is 1. The van der Waals surface area contributed by atoms with Crippen molar-refractivity contribution in [3.8, 4) is 5.75 Å². The minimum Gasteiger partial charge on any atom is -0.416 e. The van der Waals surface area contributed by atoms with E-state index in [1.165, 1.54) is 12.1 Å². The topological polar surface area (TPSA) is 113 Å². The van der Waals surface area contributed by atoms with Gasteiger partial charge in [0, 0.05) is 17.7 Å². The van der Waals surface area contributed by atoms with Crippen molar-refractivity contribution in [1.29, 1.82) is 0 Å². The molecular formula is C18H24N2O6. The lowest BCUT2D eigenvalue weighted by atomic mass is 9.88. The van der Waals surface area contributed by atoms with Gasteiger partial charge < -0.3 is 4.74 Å².